The molecule has 4 heteroatoms. The summed E-state index contributed by atoms with van der Waals surface area (Å²) in [4.78, 5) is 15.3. The molecule has 0 saturated carbocycles. The van der Waals surface area contributed by atoms with Gasteiger partial charge in [0.15, 0.2) is 6.61 Å². The van der Waals surface area contributed by atoms with Crippen molar-refractivity contribution in [2.24, 2.45) is 0 Å². The highest BCUT2D eigenvalue weighted by Gasteiger charge is 2.15. The van der Waals surface area contributed by atoms with E-state index in [1.165, 1.54) is 0 Å². The molecule has 22 heavy (non-hydrogen) atoms. The van der Waals surface area contributed by atoms with Gasteiger partial charge in [-0.1, -0.05) is 30.3 Å². The molecule has 1 amide bonds. The molecule has 0 fully saturated rings. The zero-order chi connectivity index (χ0) is 15.9. The van der Waals surface area contributed by atoms with E-state index in [-0.39, 0.29) is 12.5 Å². The number of carbonyl (C=O) groups is 1. The van der Waals surface area contributed by atoms with Crippen LogP contribution in [0.5, 0.6) is 5.75 Å². The minimum atomic E-state index is -0.0315. The largest absolute Gasteiger partial charge is 0.483 e. The Morgan fingerprint density at radius 2 is 2.00 bits per heavy atom. The van der Waals surface area contributed by atoms with Crippen LogP contribution in [-0.4, -0.2) is 24.0 Å². The van der Waals surface area contributed by atoms with Crippen molar-refractivity contribution >= 4 is 17.2 Å². The Morgan fingerprint density at radius 3 is 2.59 bits per heavy atom. The molecule has 116 valence electrons. The molecule has 0 unspecified atom stereocenters. The van der Waals surface area contributed by atoms with E-state index in [1.807, 2.05) is 49.6 Å². The highest BCUT2D eigenvalue weighted by molar-refractivity contribution is 7.09. The third kappa shape index (κ3) is 4.21. The average molecular weight is 315 g/mol. The van der Waals surface area contributed by atoms with Crippen molar-refractivity contribution in [1.82, 2.24) is 4.90 Å². The Bertz CT molecular complexity index is 614. The Morgan fingerprint density at radius 1 is 1.27 bits per heavy atom. The van der Waals surface area contributed by atoms with Gasteiger partial charge in [-0.3, -0.25) is 4.79 Å². The second kappa shape index (κ2) is 7.80. The van der Waals surface area contributed by atoms with Crippen molar-refractivity contribution in [2.75, 3.05) is 13.2 Å². The first-order valence-corrected chi connectivity index (χ1v) is 8.10. The van der Waals surface area contributed by atoms with E-state index >= 15 is 0 Å². The maximum atomic E-state index is 12.4. The van der Waals surface area contributed by atoms with Gasteiger partial charge < -0.3 is 9.64 Å². The van der Waals surface area contributed by atoms with E-state index in [0.717, 1.165) is 21.8 Å². The maximum Gasteiger partial charge on any atom is 0.261 e. The number of thiophene rings is 1. The van der Waals surface area contributed by atoms with Gasteiger partial charge >= 0.3 is 0 Å². The van der Waals surface area contributed by atoms with E-state index in [4.69, 9.17) is 4.74 Å². The Balaban J connectivity index is 2.00. The first-order chi connectivity index (χ1) is 10.6. The number of nitrogens with zero attached hydrogens (tertiary/aromatic N) is 1. The first kappa shape index (κ1) is 16.3. The predicted octanol–water partition coefficient (Wildman–Crippen LogP) is 3.96. The molecule has 2 aromatic rings. The number of rotatable bonds is 7. The molecule has 0 N–H and O–H groups in total. The number of hydrogen-bond donors (Lipinski definition) is 0. The monoisotopic (exact) mass is 315 g/mol. The normalized spacial score (nSPS) is 10.3. The lowest BCUT2D eigenvalue weighted by atomic mass is 10.1. The average Bonchev–Trinajstić information content (AvgIpc) is 2.99. The summed E-state index contributed by atoms with van der Waals surface area (Å²) in [5, 5.41) is 2.01. The van der Waals surface area contributed by atoms with Gasteiger partial charge in [-0.2, -0.15) is 0 Å². The molecule has 3 nitrogen and oxygen atoms in total. The van der Waals surface area contributed by atoms with Crippen LogP contribution < -0.4 is 4.74 Å². The Kier molecular flexibility index (Phi) is 5.78. The summed E-state index contributed by atoms with van der Waals surface area (Å²) in [7, 11) is 0. The third-order valence-corrected chi connectivity index (χ3v) is 4.24. The molecule has 0 bridgehead atoms. The van der Waals surface area contributed by atoms with Crippen LogP contribution in [0.25, 0.3) is 0 Å². The van der Waals surface area contributed by atoms with Crippen LogP contribution in [0.3, 0.4) is 0 Å². The van der Waals surface area contributed by atoms with Crippen LogP contribution in [0.15, 0.2) is 48.4 Å². The van der Waals surface area contributed by atoms with Crippen LogP contribution in [0, 0.1) is 13.8 Å². The minimum absolute atomic E-state index is 0.0315. The van der Waals surface area contributed by atoms with Gasteiger partial charge in [0, 0.05) is 11.4 Å². The fraction of sp³-hybridized carbons (Fsp3) is 0.278. The van der Waals surface area contributed by atoms with E-state index in [1.54, 1.807) is 22.3 Å². The summed E-state index contributed by atoms with van der Waals surface area (Å²) >= 11 is 1.64. The van der Waals surface area contributed by atoms with Crippen LogP contribution in [0.1, 0.15) is 16.0 Å². The molecule has 0 radical (unpaired) electrons. The lowest BCUT2D eigenvalue weighted by molar-refractivity contribution is -0.133. The third-order valence-electron chi connectivity index (χ3n) is 3.38. The van der Waals surface area contributed by atoms with Crippen molar-refractivity contribution in [3.63, 3.8) is 0 Å². The van der Waals surface area contributed by atoms with Gasteiger partial charge in [0.1, 0.15) is 5.75 Å². The molecule has 0 spiro atoms. The quantitative estimate of drug-likeness (QED) is 0.724. The highest BCUT2D eigenvalue weighted by Crippen LogP contribution is 2.22. The first-order valence-electron chi connectivity index (χ1n) is 7.22. The number of carbonyl (C=O) groups excluding carboxylic acids is 1. The SMILES string of the molecule is C=CCN(Cc1cccs1)C(=O)COc1c(C)cccc1C. The Labute approximate surface area is 135 Å². The molecule has 0 saturated heterocycles. The molecule has 1 aromatic carbocycles. The van der Waals surface area contributed by atoms with Crippen molar-refractivity contribution in [3.8, 4) is 5.75 Å². The van der Waals surface area contributed by atoms with E-state index in [2.05, 4.69) is 6.58 Å². The molecular formula is C18H21NO2S. The van der Waals surface area contributed by atoms with Crippen LogP contribution in [0.4, 0.5) is 0 Å². The predicted molar refractivity (Wildman–Crippen MR) is 91.3 cm³/mol. The number of benzene rings is 1. The fourth-order valence-corrected chi connectivity index (χ4v) is 2.97. The second-order valence-electron chi connectivity index (χ2n) is 5.15. The summed E-state index contributed by atoms with van der Waals surface area (Å²) in [5.74, 6) is 0.765. The molecule has 0 aliphatic rings. The van der Waals surface area contributed by atoms with Gasteiger partial charge in [0.2, 0.25) is 0 Å². The van der Waals surface area contributed by atoms with Gasteiger partial charge in [-0.25, -0.2) is 0 Å². The van der Waals surface area contributed by atoms with Crippen molar-refractivity contribution in [2.45, 2.75) is 20.4 Å². The van der Waals surface area contributed by atoms with E-state index < -0.39 is 0 Å². The van der Waals surface area contributed by atoms with Gasteiger partial charge in [-0.15, -0.1) is 17.9 Å². The maximum absolute atomic E-state index is 12.4. The Hall–Kier alpha value is -2.07. The van der Waals surface area contributed by atoms with Crippen molar-refractivity contribution in [1.29, 1.82) is 0 Å². The zero-order valence-electron chi connectivity index (χ0n) is 13.0. The lowest BCUT2D eigenvalue weighted by Gasteiger charge is -2.21. The standard InChI is InChI=1S/C18H21NO2S/c1-4-10-19(12-16-9-6-11-22-16)17(20)13-21-18-14(2)7-5-8-15(18)3/h4-9,11H,1,10,12-13H2,2-3H3. The molecule has 1 heterocycles. The summed E-state index contributed by atoms with van der Waals surface area (Å²) in [5.41, 5.74) is 2.09. The zero-order valence-corrected chi connectivity index (χ0v) is 13.9. The molecule has 0 atom stereocenters. The lowest BCUT2D eigenvalue weighted by Crippen LogP contribution is -2.34. The molecular weight excluding hydrogens is 294 g/mol. The van der Waals surface area contributed by atoms with Crippen LogP contribution in [0.2, 0.25) is 0 Å². The van der Waals surface area contributed by atoms with Crippen LogP contribution in [-0.2, 0) is 11.3 Å². The summed E-state index contributed by atoms with van der Waals surface area (Å²) in [6, 6.07) is 9.98. The van der Waals surface area contributed by atoms with Crippen molar-refractivity contribution in [3.05, 3.63) is 64.4 Å². The second-order valence-corrected chi connectivity index (χ2v) is 6.18. The molecule has 0 aliphatic heterocycles. The molecule has 2 rings (SSSR count). The summed E-state index contributed by atoms with van der Waals surface area (Å²) in [6.07, 6.45) is 1.74. The van der Waals surface area contributed by atoms with E-state index in [0.29, 0.717) is 13.1 Å². The topological polar surface area (TPSA) is 29.5 Å². The fourth-order valence-electron chi connectivity index (χ4n) is 2.25. The van der Waals surface area contributed by atoms with Gasteiger partial charge in [0.05, 0.1) is 6.54 Å². The smallest absolute Gasteiger partial charge is 0.261 e. The summed E-state index contributed by atoms with van der Waals surface area (Å²) < 4.78 is 5.75. The number of aryl methyl sites for hydroxylation is 2. The van der Waals surface area contributed by atoms with E-state index in [9.17, 15) is 4.79 Å². The highest BCUT2D eigenvalue weighted by atomic mass is 32.1. The van der Waals surface area contributed by atoms with Crippen molar-refractivity contribution < 1.29 is 9.53 Å². The molecule has 0 aliphatic carbocycles. The van der Waals surface area contributed by atoms with Gasteiger partial charge in [-0.05, 0) is 36.4 Å². The van der Waals surface area contributed by atoms with Gasteiger partial charge in [0.25, 0.3) is 5.91 Å². The number of amides is 1. The number of ether oxygens (including phenoxy) is 1. The molecule has 1 aromatic heterocycles. The summed E-state index contributed by atoms with van der Waals surface area (Å²) in [6.45, 7) is 8.86. The minimum Gasteiger partial charge on any atom is -0.483 e. The van der Waals surface area contributed by atoms with Crippen LogP contribution >= 0.6 is 11.3 Å². The number of para-hydroxylation sites is 1. The number of hydrogen-bond acceptors (Lipinski definition) is 3.